The lowest BCUT2D eigenvalue weighted by Gasteiger charge is -2.14. The summed E-state index contributed by atoms with van der Waals surface area (Å²) in [6.07, 6.45) is 5.91. The van der Waals surface area contributed by atoms with Crippen molar-refractivity contribution < 1.29 is 0 Å². The number of benzene rings is 1. The fourth-order valence-corrected chi connectivity index (χ4v) is 3.08. The van der Waals surface area contributed by atoms with Crippen LogP contribution >= 0.6 is 0 Å². The van der Waals surface area contributed by atoms with Crippen LogP contribution in [0.3, 0.4) is 0 Å². The van der Waals surface area contributed by atoms with Crippen LogP contribution in [0.2, 0.25) is 0 Å². The predicted octanol–water partition coefficient (Wildman–Crippen LogP) is 3.15. The highest BCUT2D eigenvalue weighted by Crippen LogP contribution is 2.30. The van der Waals surface area contributed by atoms with E-state index in [0.717, 1.165) is 42.0 Å². The van der Waals surface area contributed by atoms with Gasteiger partial charge in [-0.15, -0.1) is 10.2 Å². The van der Waals surface area contributed by atoms with Crippen molar-refractivity contribution >= 4 is 0 Å². The van der Waals surface area contributed by atoms with Gasteiger partial charge >= 0.3 is 0 Å². The molecule has 6 heteroatoms. The van der Waals surface area contributed by atoms with Gasteiger partial charge in [-0.3, -0.25) is 9.88 Å². The average molecular weight is 316 g/mol. The van der Waals surface area contributed by atoms with E-state index in [0.29, 0.717) is 5.82 Å². The molecule has 0 radical (unpaired) electrons. The smallest absolute Gasteiger partial charge is 0.180 e. The summed E-state index contributed by atoms with van der Waals surface area (Å²) in [4.78, 5) is 9.39. The zero-order valence-electron chi connectivity index (χ0n) is 13.1. The molecule has 1 saturated heterocycles. The molecule has 1 N–H and O–H groups in total. The van der Waals surface area contributed by atoms with E-state index in [1.54, 1.807) is 11.1 Å². The summed E-state index contributed by atoms with van der Waals surface area (Å²) in [7, 11) is 0. The number of H-pyrrole nitrogens is 1. The first-order valence-electron chi connectivity index (χ1n) is 7.96. The molecule has 0 bridgehead atoms. The fraction of sp³-hybridized carbons (Fsp3) is 0.222. The molecular weight excluding hydrogens is 300 g/mol. The summed E-state index contributed by atoms with van der Waals surface area (Å²) in [5, 5.41) is 17.7. The Morgan fingerprint density at radius 1 is 1.12 bits per heavy atom. The Bertz CT molecular complexity index is 880. The van der Waals surface area contributed by atoms with Crippen LogP contribution in [-0.2, 0) is 0 Å². The lowest BCUT2D eigenvalue weighted by molar-refractivity contribution is 0.360. The van der Waals surface area contributed by atoms with Crippen LogP contribution in [0.4, 0.5) is 0 Å². The molecule has 1 aliphatic rings. The number of likely N-dealkylation sites (tertiary alicyclic amines) is 1. The van der Waals surface area contributed by atoms with Crippen molar-refractivity contribution in [2.45, 2.75) is 18.9 Å². The minimum atomic E-state index is -0.00597. The average Bonchev–Trinajstić information content (AvgIpc) is 3.31. The molecule has 1 unspecified atom stereocenters. The fourth-order valence-electron chi connectivity index (χ4n) is 3.08. The molecule has 2 aromatic heterocycles. The molecule has 1 fully saturated rings. The lowest BCUT2D eigenvalue weighted by Crippen LogP contribution is -2.18. The van der Waals surface area contributed by atoms with Gasteiger partial charge in [0.25, 0.3) is 0 Å². The van der Waals surface area contributed by atoms with Gasteiger partial charge in [-0.25, -0.2) is 0 Å². The standard InChI is InChI=1S/C18H16N6/c19-12-24-10-4-7-16(24)18-21-17(22-23-18)15-11-14(8-9-20-15)13-5-2-1-3-6-13/h1-3,5-6,8-9,11,16H,4,7,10H2,(H,21,22,23). The normalized spacial score (nSPS) is 17.0. The second-order valence-electron chi connectivity index (χ2n) is 5.81. The topological polar surface area (TPSA) is 81.5 Å². The molecule has 118 valence electrons. The Hall–Kier alpha value is -3.20. The Labute approximate surface area is 139 Å². The van der Waals surface area contributed by atoms with Gasteiger partial charge in [-0.1, -0.05) is 30.3 Å². The number of hydrogen-bond donors (Lipinski definition) is 1. The van der Waals surface area contributed by atoms with Gasteiger partial charge < -0.3 is 4.98 Å². The van der Waals surface area contributed by atoms with E-state index < -0.39 is 0 Å². The SMILES string of the molecule is N#CN1CCCC1c1nnc(-c2cc(-c3ccccc3)ccn2)[nH]1. The molecule has 24 heavy (non-hydrogen) atoms. The van der Waals surface area contributed by atoms with Crippen molar-refractivity contribution in [2.24, 2.45) is 0 Å². The van der Waals surface area contributed by atoms with Crippen LogP contribution in [0.15, 0.2) is 48.7 Å². The van der Waals surface area contributed by atoms with Gasteiger partial charge in [-0.05, 0) is 36.1 Å². The maximum Gasteiger partial charge on any atom is 0.180 e. The molecule has 0 amide bonds. The minimum absolute atomic E-state index is 0.00597. The van der Waals surface area contributed by atoms with Gasteiger partial charge in [0.05, 0.1) is 6.04 Å². The Balaban J connectivity index is 1.65. The molecule has 1 atom stereocenters. The van der Waals surface area contributed by atoms with E-state index in [4.69, 9.17) is 0 Å². The summed E-state index contributed by atoms with van der Waals surface area (Å²) in [5.74, 6) is 1.36. The van der Waals surface area contributed by atoms with Crippen molar-refractivity contribution in [3.05, 3.63) is 54.5 Å². The second kappa shape index (κ2) is 6.13. The van der Waals surface area contributed by atoms with Crippen LogP contribution in [0.5, 0.6) is 0 Å². The molecule has 3 aromatic rings. The van der Waals surface area contributed by atoms with Gasteiger partial charge in [-0.2, -0.15) is 5.26 Å². The lowest BCUT2D eigenvalue weighted by atomic mass is 10.1. The van der Waals surface area contributed by atoms with Gasteiger partial charge in [0.2, 0.25) is 0 Å². The first kappa shape index (κ1) is 14.4. The third kappa shape index (κ3) is 2.61. The molecule has 6 nitrogen and oxygen atoms in total. The second-order valence-corrected chi connectivity index (χ2v) is 5.81. The van der Waals surface area contributed by atoms with E-state index in [9.17, 15) is 5.26 Å². The highest BCUT2D eigenvalue weighted by Gasteiger charge is 2.28. The Morgan fingerprint density at radius 3 is 2.83 bits per heavy atom. The van der Waals surface area contributed by atoms with Crippen molar-refractivity contribution in [1.82, 2.24) is 25.1 Å². The van der Waals surface area contributed by atoms with Crippen molar-refractivity contribution in [1.29, 1.82) is 5.26 Å². The largest absolute Gasteiger partial charge is 0.322 e. The van der Waals surface area contributed by atoms with Crippen molar-refractivity contribution in [2.75, 3.05) is 6.54 Å². The quantitative estimate of drug-likeness (QED) is 0.751. The molecule has 1 aromatic carbocycles. The molecule has 4 rings (SSSR count). The summed E-state index contributed by atoms with van der Waals surface area (Å²) >= 11 is 0. The van der Waals surface area contributed by atoms with Crippen LogP contribution in [0.25, 0.3) is 22.6 Å². The number of pyridine rings is 1. The Kier molecular flexibility index (Phi) is 3.67. The molecule has 0 saturated carbocycles. The first-order chi connectivity index (χ1) is 11.8. The molecule has 0 spiro atoms. The molecule has 1 aliphatic heterocycles. The van der Waals surface area contributed by atoms with Crippen LogP contribution in [0, 0.1) is 11.5 Å². The van der Waals surface area contributed by atoms with Crippen LogP contribution in [0.1, 0.15) is 24.7 Å². The Morgan fingerprint density at radius 2 is 2.00 bits per heavy atom. The number of nitrogens with one attached hydrogen (secondary N) is 1. The summed E-state index contributed by atoms with van der Waals surface area (Å²) < 4.78 is 0. The predicted molar refractivity (Wildman–Crippen MR) is 89.3 cm³/mol. The van der Waals surface area contributed by atoms with Crippen LogP contribution < -0.4 is 0 Å². The number of nitriles is 1. The van der Waals surface area contributed by atoms with Crippen molar-refractivity contribution in [3.8, 4) is 28.8 Å². The van der Waals surface area contributed by atoms with Gasteiger partial charge in [0, 0.05) is 12.7 Å². The number of aromatic nitrogens is 4. The van der Waals surface area contributed by atoms with Crippen molar-refractivity contribution in [3.63, 3.8) is 0 Å². The number of hydrogen-bond acceptors (Lipinski definition) is 5. The maximum absolute atomic E-state index is 9.19. The first-order valence-corrected chi connectivity index (χ1v) is 7.96. The van der Waals surface area contributed by atoms with Gasteiger partial charge in [0.1, 0.15) is 5.69 Å². The third-order valence-corrected chi connectivity index (χ3v) is 4.31. The highest BCUT2D eigenvalue weighted by atomic mass is 15.3. The zero-order valence-corrected chi connectivity index (χ0v) is 13.1. The number of rotatable bonds is 3. The van der Waals surface area contributed by atoms with E-state index in [-0.39, 0.29) is 6.04 Å². The molecular formula is C18H16N6. The van der Waals surface area contributed by atoms with E-state index in [2.05, 4.69) is 38.5 Å². The third-order valence-electron chi connectivity index (χ3n) is 4.31. The zero-order chi connectivity index (χ0) is 16.4. The monoisotopic (exact) mass is 316 g/mol. The number of nitrogens with zero attached hydrogens (tertiary/aromatic N) is 5. The number of aromatic amines is 1. The van der Waals surface area contributed by atoms with E-state index in [1.165, 1.54) is 0 Å². The van der Waals surface area contributed by atoms with E-state index >= 15 is 0 Å². The highest BCUT2D eigenvalue weighted by molar-refractivity contribution is 5.67. The molecule has 3 heterocycles. The molecule has 0 aliphatic carbocycles. The maximum atomic E-state index is 9.19. The van der Waals surface area contributed by atoms with E-state index in [1.807, 2.05) is 30.3 Å². The summed E-state index contributed by atoms with van der Waals surface area (Å²) in [6, 6.07) is 14.1. The minimum Gasteiger partial charge on any atom is -0.322 e. The summed E-state index contributed by atoms with van der Waals surface area (Å²) in [6.45, 7) is 0.777. The van der Waals surface area contributed by atoms with Crippen LogP contribution in [-0.4, -0.2) is 31.6 Å². The summed E-state index contributed by atoms with van der Waals surface area (Å²) in [5.41, 5.74) is 2.96. The van der Waals surface area contributed by atoms with Gasteiger partial charge in [0.15, 0.2) is 17.8 Å².